The van der Waals surface area contributed by atoms with Crippen LogP contribution >= 0.6 is 0 Å². The molecule has 1 atom stereocenters. The highest BCUT2D eigenvalue weighted by molar-refractivity contribution is 5.78. The van der Waals surface area contributed by atoms with Crippen molar-refractivity contribution in [3.05, 3.63) is 0 Å². The highest BCUT2D eigenvalue weighted by Gasteiger charge is 2.26. The molecule has 0 spiro atoms. The molecule has 0 aromatic rings. The molecule has 1 unspecified atom stereocenters. The minimum absolute atomic E-state index is 0.222. The summed E-state index contributed by atoms with van der Waals surface area (Å²) in [4.78, 5) is 11.8. The minimum Gasteiger partial charge on any atom is -0.356 e. The standard InChI is InChI=1S/C13H25NO/c1-10(2)8-9-14-13(15)11(3)12-6-4-5-7-12/h10-12H,4-9H2,1-3H3,(H,14,15). The van der Waals surface area contributed by atoms with Crippen molar-refractivity contribution in [2.45, 2.75) is 52.9 Å². The monoisotopic (exact) mass is 211 g/mol. The van der Waals surface area contributed by atoms with Gasteiger partial charge in [0.2, 0.25) is 5.91 Å². The van der Waals surface area contributed by atoms with Crippen LogP contribution in [0.15, 0.2) is 0 Å². The molecule has 0 aromatic carbocycles. The Balaban J connectivity index is 2.20. The summed E-state index contributed by atoms with van der Waals surface area (Å²) < 4.78 is 0. The Kier molecular flexibility index (Phi) is 5.13. The SMILES string of the molecule is CC(C)CCNC(=O)C(C)C1CCCC1. The van der Waals surface area contributed by atoms with Gasteiger partial charge < -0.3 is 5.32 Å². The first kappa shape index (κ1) is 12.5. The number of nitrogens with one attached hydrogen (secondary N) is 1. The summed E-state index contributed by atoms with van der Waals surface area (Å²) in [6.07, 6.45) is 6.21. The molecule has 0 aliphatic heterocycles. The van der Waals surface area contributed by atoms with Crippen LogP contribution in [0.25, 0.3) is 0 Å². The van der Waals surface area contributed by atoms with E-state index in [1.807, 2.05) is 0 Å². The Hall–Kier alpha value is -0.530. The van der Waals surface area contributed by atoms with E-state index < -0.39 is 0 Å². The molecule has 0 heterocycles. The van der Waals surface area contributed by atoms with Crippen LogP contribution in [0, 0.1) is 17.8 Å². The van der Waals surface area contributed by atoms with Gasteiger partial charge in [-0.15, -0.1) is 0 Å². The molecular weight excluding hydrogens is 186 g/mol. The first-order valence-electron chi connectivity index (χ1n) is 6.39. The second kappa shape index (κ2) is 6.14. The van der Waals surface area contributed by atoms with Crippen molar-refractivity contribution >= 4 is 5.91 Å². The molecule has 2 heteroatoms. The summed E-state index contributed by atoms with van der Waals surface area (Å²) >= 11 is 0. The fourth-order valence-corrected chi connectivity index (χ4v) is 2.32. The van der Waals surface area contributed by atoms with Crippen molar-refractivity contribution < 1.29 is 4.79 Å². The zero-order valence-corrected chi connectivity index (χ0v) is 10.4. The van der Waals surface area contributed by atoms with E-state index in [0.717, 1.165) is 13.0 Å². The quantitative estimate of drug-likeness (QED) is 0.744. The lowest BCUT2D eigenvalue weighted by Gasteiger charge is -2.18. The molecular formula is C13H25NO. The Morgan fingerprint density at radius 2 is 1.87 bits per heavy atom. The van der Waals surface area contributed by atoms with Crippen LogP contribution in [-0.2, 0) is 4.79 Å². The van der Waals surface area contributed by atoms with Gasteiger partial charge in [-0.1, -0.05) is 33.6 Å². The molecule has 88 valence electrons. The first-order valence-corrected chi connectivity index (χ1v) is 6.39. The van der Waals surface area contributed by atoms with Crippen molar-refractivity contribution in [2.24, 2.45) is 17.8 Å². The van der Waals surface area contributed by atoms with E-state index in [0.29, 0.717) is 11.8 Å². The van der Waals surface area contributed by atoms with Crippen LogP contribution < -0.4 is 5.32 Å². The predicted octanol–water partition coefficient (Wildman–Crippen LogP) is 2.98. The molecule has 1 aliphatic carbocycles. The van der Waals surface area contributed by atoms with Crippen molar-refractivity contribution in [2.75, 3.05) is 6.54 Å². The maximum absolute atomic E-state index is 11.8. The second-order valence-corrected chi connectivity index (χ2v) is 5.31. The second-order valence-electron chi connectivity index (χ2n) is 5.31. The van der Waals surface area contributed by atoms with Crippen molar-refractivity contribution in [3.8, 4) is 0 Å². The van der Waals surface area contributed by atoms with Gasteiger partial charge in [-0.3, -0.25) is 4.79 Å². The third-order valence-electron chi connectivity index (χ3n) is 3.54. The Morgan fingerprint density at radius 1 is 1.27 bits per heavy atom. The zero-order chi connectivity index (χ0) is 11.3. The maximum atomic E-state index is 11.8. The van der Waals surface area contributed by atoms with E-state index in [9.17, 15) is 4.79 Å². The van der Waals surface area contributed by atoms with E-state index in [1.165, 1.54) is 25.7 Å². The fourth-order valence-electron chi connectivity index (χ4n) is 2.32. The number of amides is 1. The van der Waals surface area contributed by atoms with Gasteiger partial charge in [-0.05, 0) is 31.1 Å². The van der Waals surface area contributed by atoms with E-state index in [2.05, 4.69) is 26.1 Å². The summed E-state index contributed by atoms with van der Waals surface area (Å²) in [7, 11) is 0. The molecule has 0 bridgehead atoms. The molecule has 1 aliphatic rings. The van der Waals surface area contributed by atoms with Crippen LogP contribution in [0.5, 0.6) is 0 Å². The predicted molar refractivity (Wildman–Crippen MR) is 63.6 cm³/mol. The van der Waals surface area contributed by atoms with Crippen molar-refractivity contribution in [3.63, 3.8) is 0 Å². The number of carbonyl (C=O) groups excluding carboxylic acids is 1. The van der Waals surface area contributed by atoms with Crippen LogP contribution in [-0.4, -0.2) is 12.5 Å². The van der Waals surface area contributed by atoms with Gasteiger partial charge in [0, 0.05) is 12.5 Å². The van der Waals surface area contributed by atoms with Crippen LogP contribution in [0.3, 0.4) is 0 Å². The summed E-state index contributed by atoms with van der Waals surface area (Å²) in [5.74, 6) is 1.80. The lowest BCUT2D eigenvalue weighted by Crippen LogP contribution is -2.33. The van der Waals surface area contributed by atoms with Gasteiger partial charge in [0.1, 0.15) is 0 Å². The summed E-state index contributed by atoms with van der Waals surface area (Å²) in [6, 6.07) is 0. The maximum Gasteiger partial charge on any atom is 0.223 e. The molecule has 1 amide bonds. The van der Waals surface area contributed by atoms with Gasteiger partial charge >= 0.3 is 0 Å². The molecule has 0 saturated heterocycles. The highest BCUT2D eigenvalue weighted by Crippen LogP contribution is 2.31. The smallest absolute Gasteiger partial charge is 0.223 e. The first-order chi connectivity index (χ1) is 7.11. The number of hydrogen-bond acceptors (Lipinski definition) is 1. The number of rotatable bonds is 5. The van der Waals surface area contributed by atoms with Crippen LogP contribution in [0.2, 0.25) is 0 Å². The third-order valence-corrected chi connectivity index (χ3v) is 3.54. The Labute approximate surface area is 93.8 Å². The molecule has 1 fully saturated rings. The normalized spacial score (nSPS) is 19.5. The lowest BCUT2D eigenvalue weighted by atomic mass is 9.92. The van der Waals surface area contributed by atoms with Gasteiger partial charge in [-0.25, -0.2) is 0 Å². The topological polar surface area (TPSA) is 29.1 Å². The third kappa shape index (κ3) is 4.23. The number of hydrogen-bond donors (Lipinski definition) is 1. The summed E-state index contributed by atoms with van der Waals surface area (Å²) in [6.45, 7) is 7.30. The number of carbonyl (C=O) groups is 1. The molecule has 0 radical (unpaired) electrons. The Morgan fingerprint density at radius 3 is 2.40 bits per heavy atom. The molecule has 1 N–H and O–H groups in total. The van der Waals surface area contributed by atoms with Crippen LogP contribution in [0.1, 0.15) is 52.9 Å². The lowest BCUT2D eigenvalue weighted by molar-refractivity contribution is -0.126. The van der Waals surface area contributed by atoms with Gasteiger partial charge in [0.05, 0.1) is 0 Å². The molecule has 0 aromatic heterocycles. The summed E-state index contributed by atoms with van der Waals surface area (Å²) in [5, 5.41) is 3.05. The van der Waals surface area contributed by atoms with E-state index in [-0.39, 0.29) is 11.8 Å². The average Bonchev–Trinajstić information content (AvgIpc) is 2.68. The van der Waals surface area contributed by atoms with Gasteiger partial charge in [0.15, 0.2) is 0 Å². The minimum atomic E-state index is 0.222. The van der Waals surface area contributed by atoms with Crippen molar-refractivity contribution in [1.82, 2.24) is 5.32 Å². The average molecular weight is 211 g/mol. The Bertz CT molecular complexity index is 195. The van der Waals surface area contributed by atoms with E-state index >= 15 is 0 Å². The highest BCUT2D eigenvalue weighted by atomic mass is 16.1. The van der Waals surface area contributed by atoms with Crippen LogP contribution in [0.4, 0.5) is 0 Å². The zero-order valence-electron chi connectivity index (χ0n) is 10.4. The van der Waals surface area contributed by atoms with E-state index in [1.54, 1.807) is 0 Å². The molecule has 2 nitrogen and oxygen atoms in total. The molecule has 1 rings (SSSR count). The molecule has 15 heavy (non-hydrogen) atoms. The molecule has 1 saturated carbocycles. The largest absolute Gasteiger partial charge is 0.356 e. The van der Waals surface area contributed by atoms with Gasteiger partial charge in [-0.2, -0.15) is 0 Å². The fraction of sp³-hybridized carbons (Fsp3) is 0.923. The van der Waals surface area contributed by atoms with Gasteiger partial charge in [0.25, 0.3) is 0 Å². The van der Waals surface area contributed by atoms with Crippen molar-refractivity contribution in [1.29, 1.82) is 0 Å². The summed E-state index contributed by atoms with van der Waals surface area (Å²) in [5.41, 5.74) is 0. The van der Waals surface area contributed by atoms with E-state index in [4.69, 9.17) is 0 Å².